The molecule has 10 nitrogen and oxygen atoms in total. The second-order valence-electron chi connectivity index (χ2n) is 6.81. The Kier molecular flexibility index (Phi) is 4.90. The number of hydrogen-bond donors (Lipinski definition) is 1. The molecule has 154 valence electrons. The van der Waals surface area contributed by atoms with Crippen molar-refractivity contribution in [2.45, 2.75) is 13.5 Å². The molecule has 0 spiro atoms. The number of para-hydroxylation sites is 1. The molecule has 0 radical (unpaired) electrons. The summed E-state index contributed by atoms with van der Waals surface area (Å²) in [6, 6.07) is 11.2. The average Bonchev–Trinajstić information content (AvgIpc) is 3.25. The van der Waals surface area contributed by atoms with Crippen LogP contribution < -0.4 is 16.6 Å². The maximum Gasteiger partial charge on any atom is 0.332 e. The third-order valence-corrected chi connectivity index (χ3v) is 5.30. The van der Waals surface area contributed by atoms with Crippen LogP contribution in [0.5, 0.6) is 0 Å². The SMILES string of the molecule is Cc1cc(NC(=O)Cn2c(Br)nc3c(=O)n(C)c(=O)n(C)c32)n(-c2ccccc2)n1. The van der Waals surface area contributed by atoms with Gasteiger partial charge in [0.05, 0.1) is 11.4 Å². The first-order chi connectivity index (χ1) is 14.3. The molecule has 0 saturated carbocycles. The minimum atomic E-state index is -0.522. The van der Waals surface area contributed by atoms with Crippen LogP contribution >= 0.6 is 15.9 Å². The summed E-state index contributed by atoms with van der Waals surface area (Å²) in [4.78, 5) is 41.7. The number of rotatable bonds is 4. The van der Waals surface area contributed by atoms with Crippen molar-refractivity contribution in [1.29, 1.82) is 0 Å². The highest BCUT2D eigenvalue weighted by molar-refractivity contribution is 9.10. The van der Waals surface area contributed by atoms with E-state index in [-0.39, 0.29) is 28.3 Å². The summed E-state index contributed by atoms with van der Waals surface area (Å²) in [6.07, 6.45) is 0. The summed E-state index contributed by atoms with van der Waals surface area (Å²) in [7, 11) is 2.91. The number of aromatic nitrogens is 6. The summed E-state index contributed by atoms with van der Waals surface area (Å²) in [5, 5.41) is 7.27. The van der Waals surface area contributed by atoms with Gasteiger partial charge >= 0.3 is 5.69 Å². The molecule has 0 saturated heterocycles. The number of carbonyl (C=O) groups is 1. The van der Waals surface area contributed by atoms with Gasteiger partial charge in [0.15, 0.2) is 15.9 Å². The molecule has 4 rings (SSSR count). The van der Waals surface area contributed by atoms with Gasteiger partial charge in [-0.25, -0.2) is 14.5 Å². The Morgan fingerprint density at radius 1 is 1.13 bits per heavy atom. The lowest BCUT2D eigenvalue weighted by Crippen LogP contribution is -2.37. The molecular formula is C19H18BrN7O3. The predicted octanol–water partition coefficient (Wildman–Crippen LogP) is 1.33. The molecule has 0 aliphatic rings. The maximum absolute atomic E-state index is 12.8. The van der Waals surface area contributed by atoms with E-state index in [1.807, 2.05) is 37.3 Å². The van der Waals surface area contributed by atoms with E-state index in [1.165, 1.54) is 23.2 Å². The fourth-order valence-electron chi connectivity index (χ4n) is 3.28. The van der Waals surface area contributed by atoms with Crippen molar-refractivity contribution in [3.63, 3.8) is 0 Å². The molecule has 0 unspecified atom stereocenters. The van der Waals surface area contributed by atoms with E-state index in [4.69, 9.17) is 0 Å². The van der Waals surface area contributed by atoms with Crippen LogP contribution in [0.15, 0.2) is 50.7 Å². The molecule has 1 N–H and O–H groups in total. The van der Waals surface area contributed by atoms with Crippen LogP contribution in [-0.4, -0.2) is 34.4 Å². The lowest BCUT2D eigenvalue weighted by molar-refractivity contribution is -0.116. The van der Waals surface area contributed by atoms with Gasteiger partial charge in [0.1, 0.15) is 12.4 Å². The molecule has 30 heavy (non-hydrogen) atoms. The molecule has 1 amide bonds. The van der Waals surface area contributed by atoms with Gasteiger partial charge in [0, 0.05) is 20.2 Å². The Labute approximate surface area is 178 Å². The molecule has 0 fully saturated rings. The summed E-state index contributed by atoms with van der Waals surface area (Å²) < 4.78 is 5.66. The standard InChI is InChI=1S/C19H18BrN7O3/c1-11-9-13(27(23-11)12-7-5-4-6-8-12)21-14(28)10-26-16-15(22-18(26)20)17(29)25(3)19(30)24(16)2/h4-9H,10H2,1-3H3,(H,21,28). The van der Waals surface area contributed by atoms with Gasteiger partial charge in [-0.1, -0.05) is 18.2 Å². The van der Waals surface area contributed by atoms with Crippen molar-refractivity contribution >= 4 is 38.8 Å². The van der Waals surface area contributed by atoms with Crippen LogP contribution in [0.1, 0.15) is 5.69 Å². The van der Waals surface area contributed by atoms with Crippen molar-refractivity contribution in [3.8, 4) is 5.69 Å². The molecule has 0 aliphatic heterocycles. The summed E-state index contributed by atoms with van der Waals surface area (Å²) in [5.74, 6) is 0.147. The first kappa shape index (κ1) is 19.8. The molecule has 3 aromatic heterocycles. The number of hydrogen-bond acceptors (Lipinski definition) is 5. The number of anilines is 1. The quantitative estimate of drug-likeness (QED) is 0.451. The highest BCUT2D eigenvalue weighted by Crippen LogP contribution is 2.19. The van der Waals surface area contributed by atoms with E-state index in [9.17, 15) is 14.4 Å². The molecule has 0 bridgehead atoms. The number of amides is 1. The second-order valence-corrected chi connectivity index (χ2v) is 7.52. The zero-order valence-corrected chi connectivity index (χ0v) is 18.0. The van der Waals surface area contributed by atoms with Crippen molar-refractivity contribution in [3.05, 3.63) is 67.7 Å². The van der Waals surface area contributed by atoms with Gasteiger partial charge in [0.25, 0.3) is 5.56 Å². The van der Waals surface area contributed by atoms with E-state index in [0.29, 0.717) is 5.82 Å². The third kappa shape index (κ3) is 3.26. The van der Waals surface area contributed by atoms with Crippen LogP contribution in [-0.2, 0) is 25.4 Å². The fraction of sp³-hybridized carbons (Fsp3) is 0.211. The lowest BCUT2D eigenvalue weighted by Gasteiger charge is -2.11. The fourth-order valence-corrected chi connectivity index (χ4v) is 3.75. The highest BCUT2D eigenvalue weighted by atomic mass is 79.9. The molecule has 11 heteroatoms. The maximum atomic E-state index is 12.8. The minimum absolute atomic E-state index is 0.101. The van der Waals surface area contributed by atoms with Crippen molar-refractivity contribution < 1.29 is 4.79 Å². The van der Waals surface area contributed by atoms with Gasteiger partial charge in [-0.15, -0.1) is 0 Å². The molecular weight excluding hydrogens is 454 g/mol. The van der Waals surface area contributed by atoms with Crippen molar-refractivity contribution in [2.75, 3.05) is 5.32 Å². The first-order valence-electron chi connectivity index (χ1n) is 9.01. The van der Waals surface area contributed by atoms with E-state index < -0.39 is 11.2 Å². The van der Waals surface area contributed by atoms with E-state index in [1.54, 1.807) is 10.7 Å². The average molecular weight is 472 g/mol. The largest absolute Gasteiger partial charge is 0.332 e. The smallest absolute Gasteiger partial charge is 0.309 e. The lowest BCUT2D eigenvalue weighted by atomic mass is 10.3. The Hall–Kier alpha value is -3.47. The zero-order valence-electron chi connectivity index (χ0n) is 16.5. The molecule has 0 atom stereocenters. The topological polar surface area (TPSA) is 109 Å². The Morgan fingerprint density at radius 2 is 1.83 bits per heavy atom. The van der Waals surface area contributed by atoms with Gasteiger partial charge in [-0.3, -0.25) is 23.3 Å². The highest BCUT2D eigenvalue weighted by Gasteiger charge is 2.20. The van der Waals surface area contributed by atoms with Crippen molar-refractivity contribution in [2.24, 2.45) is 14.1 Å². The van der Waals surface area contributed by atoms with Gasteiger partial charge in [-0.2, -0.15) is 5.10 Å². The van der Waals surface area contributed by atoms with Crippen molar-refractivity contribution in [1.82, 2.24) is 28.5 Å². The Morgan fingerprint density at radius 3 is 2.53 bits per heavy atom. The minimum Gasteiger partial charge on any atom is -0.309 e. The van der Waals surface area contributed by atoms with Crippen LogP contribution in [0, 0.1) is 6.92 Å². The summed E-state index contributed by atoms with van der Waals surface area (Å²) >= 11 is 3.29. The molecule has 4 aromatic rings. The Bertz CT molecular complexity index is 1400. The normalized spacial score (nSPS) is 11.2. The number of imidazole rings is 1. The zero-order chi connectivity index (χ0) is 21.6. The van der Waals surface area contributed by atoms with Crippen LogP contribution in [0.25, 0.3) is 16.9 Å². The number of fused-ring (bicyclic) bond motifs is 1. The first-order valence-corrected chi connectivity index (χ1v) is 9.81. The van der Waals surface area contributed by atoms with Gasteiger partial charge in [-0.05, 0) is 35.0 Å². The molecule has 3 heterocycles. The number of nitrogens with zero attached hydrogens (tertiary/aromatic N) is 6. The second kappa shape index (κ2) is 7.41. The van der Waals surface area contributed by atoms with Gasteiger partial charge < -0.3 is 5.32 Å². The number of aryl methyl sites for hydroxylation is 2. The van der Waals surface area contributed by atoms with E-state index in [2.05, 4.69) is 31.3 Å². The Balaban J connectivity index is 1.70. The monoisotopic (exact) mass is 471 g/mol. The number of nitrogens with one attached hydrogen (secondary N) is 1. The molecule has 0 aliphatic carbocycles. The molecule has 1 aromatic carbocycles. The predicted molar refractivity (Wildman–Crippen MR) is 115 cm³/mol. The summed E-state index contributed by atoms with van der Waals surface area (Å²) in [5.41, 5.74) is 0.891. The van der Waals surface area contributed by atoms with Crippen LogP contribution in [0.2, 0.25) is 0 Å². The third-order valence-electron chi connectivity index (χ3n) is 4.69. The van der Waals surface area contributed by atoms with E-state index in [0.717, 1.165) is 15.9 Å². The van der Waals surface area contributed by atoms with E-state index >= 15 is 0 Å². The number of halogens is 1. The number of carbonyl (C=O) groups excluding carboxylic acids is 1. The van der Waals surface area contributed by atoms with Gasteiger partial charge in [0.2, 0.25) is 5.91 Å². The summed E-state index contributed by atoms with van der Waals surface area (Å²) in [6.45, 7) is 1.68. The van der Waals surface area contributed by atoms with Crippen LogP contribution in [0.4, 0.5) is 5.82 Å². The van der Waals surface area contributed by atoms with Crippen LogP contribution in [0.3, 0.4) is 0 Å². The number of benzene rings is 1.